The molecule has 35 heavy (non-hydrogen) atoms. The van der Waals surface area contributed by atoms with Gasteiger partial charge in [-0.25, -0.2) is 9.78 Å². The zero-order valence-electron chi connectivity index (χ0n) is 20.5. The third-order valence-corrected chi connectivity index (χ3v) is 7.13. The van der Waals surface area contributed by atoms with Gasteiger partial charge in [0.1, 0.15) is 0 Å². The highest BCUT2D eigenvalue weighted by Gasteiger charge is 2.22. The smallest absolute Gasteiger partial charge is 0.337 e. The Bertz CT molecular complexity index is 1300. The first-order valence-electron chi connectivity index (χ1n) is 11.7. The van der Waals surface area contributed by atoms with E-state index in [1.807, 2.05) is 24.3 Å². The molecule has 0 amide bonds. The number of benzene rings is 2. The minimum atomic E-state index is -0.500. The van der Waals surface area contributed by atoms with E-state index in [0.29, 0.717) is 40.3 Å². The summed E-state index contributed by atoms with van der Waals surface area (Å²) in [5.74, 6) is -0.410. The van der Waals surface area contributed by atoms with Gasteiger partial charge in [0.2, 0.25) is 0 Å². The summed E-state index contributed by atoms with van der Waals surface area (Å²) >= 11 is 1.22. The number of esters is 1. The number of hydrogen-bond donors (Lipinski definition) is 0. The predicted molar refractivity (Wildman–Crippen MR) is 137 cm³/mol. The van der Waals surface area contributed by atoms with E-state index in [1.54, 1.807) is 22.8 Å². The Kier molecular flexibility index (Phi) is 7.42. The molecule has 4 rings (SSSR count). The van der Waals surface area contributed by atoms with Crippen LogP contribution in [-0.4, -0.2) is 46.9 Å². The maximum absolute atomic E-state index is 13.4. The van der Waals surface area contributed by atoms with E-state index in [0.717, 1.165) is 18.4 Å². The molecule has 1 aliphatic rings. The lowest BCUT2D eigenvalue weighted by Gasteiger charge is -2.19. The van der Waals surface area contributed by atoms with Crippen LogP contribution in [0.25, 0.3) is 10.9 Å². The monoisotopic (exact) mass is 494 g/mol. The molecule has 0 radical (unpaired) electrons. The lowest BCUT2D eigenvalue weighted by atomic mass is 9.86. The summed E-state index contributed by atoms with van der Waals surface area (Å²) in [4.78, 5) is 43.0. The molecular weight excluding hydrogens is 464 g/mol. The highest BCUT2D eigenvalue weighted by atomic mass is 32.2. The van der Waals surface area contributed by atoms with Crippen LogP contribution in [0.5, 0.6) is 0 Å². The molecule has 1 aromatic heterocycles. The molecule has 0 N–H and O–H groups in total. The van der Waals surface area contributed by atoms with Gasteiger partial charge in [0.05, 0.1) is 42.0 Å². The Hall–Kier alpha value is -2.97. The third kappa shape index (κ3) is 5.65. The molecule has 0 aliphatic carbocycles. The quantitative estimate of drug-likeness (QED) is 0.205. The Morgan fingerprint density at radius 3 is 2.49 bits per heavy atom. The van der Waals surface area contributed by atoms with Gasteiger partial charge < -0.3 is 9.47 Å². The number of methoxy groups -OCH3 is 1. The van der Waals surface area contributed by atoms with Gasteiger partial charge >= 0.3 is 5.97 Å². The number of carbonyl (C=O) groups is 2. The van der Waals surface area contributed by atoms with Gasteiger partial charge in [0, 0.05) is 12.2 Å². The normalized spacial score (nSPS) is 15.9. The molecule has 7 nitrogen and oxygen atoms in total. The zero-order valence-corrected chi connectivity index (χ0v) is 21.3. The standard InChI is InChI=1S/C27H30N2O5S/c1-27(2,3)19-10-7-17(8-11-19)23(30)16-35-26-28-22-14-18(25(32)33-4)9-12-21(22)24(31)29(26)15-20-6-5-13-34-20/h7-12,14,20H,5-6,13,15-16H2,1-4H3/t20-/m0/s1. The van der Waals surface area contributed by atoms with E-state index in [2.05, 4.69) is 25.8 Å². The van der Waals surface area contributed by atoms with Gasteiger partial charge in [-0.05, 0) is 42.0 Å². The second-order valence-electron chi connectivity index (χ2n) is 9.71. The molecule has 184 valence electrons. The van der Waals surface area contributed by atoms with E-state index in [-0.39, 0.29) is 28.6 Å². The molecular formula is C27H30N2O5S. The van der Waals surface area contributed by atoms with Crippen molar-refractivity contribution in [3.8, 4) is 0 Å². The van der Waals surface area contributed by atoms with E-state index in [4.69, 9.17) is 9.47 Å². The number of aromatic nitrogens is 2. The number of hydrogen-bond acceptors (Lipinski definition) is 7. The maximum atomic E-state index is 13.4. The Morgan fingerprint density at radius 1 is 1.14 bits per heavy atom. The van der Waals surface area contributed by atoms with E-state index in [9.17, 15) is 14.4 Å². The average Bonchev–Trinajstić information content (AvgIpc) is 3.36. The molecule has 0 saturated carbocycles. The van der Waals surface area contributed by atoms with Crippen molar-refractivity contribution in [1.29, 1.82) is 0 Å². The maximum Gasteiger partial charge on any atom is 0.337 e. The molecule has 2 aromatic carbocycles. The summed E-state index contributed by atoms with van der Waals surface area (Å²) in [6, 6.07) is 12.4. The van der Waals surface area contributed by atoms with Crippen molar-refractivity contribution < 1.29 is 19.1 Å². The zero-order chi connectivity index (χ0) is 25.2. The van der Waals surface area contributed by atoms with Crippen LogP contribution in [0.15, 0.2) is 52.4 Å². The fourth-order valence-corrected chi connectivity index (χ4v) is 4.98. The molecule has 1 fully saturated rings. The van der Waals surface area contributed by atoms with Crippen molar-refractivity contribution in [2.75, 3.05) is 19.5 Å². The summed E-state index contributed by atoms with van der Waals surface area (Å²) in [7, 11) is 1.31. The van der Waals surface area contributed by atoms with Crippen molar-refractivity contribution in [3.63, 3.8) is 0 Å². The van der Waals surface area contributed by atoms with Gasteiger partial charge in [-0.3, -0.25) is 14.2 Å². The minimum absolute atomic E-state index is 0.00672. The number of nitrogens with zero attached hydrogens (tertiary/aromatic N) is 2. The second-order valence-corrected chi connectivity index (χ2v) is 10.7. The summed E-state index contributed by atoms with van der Waals surface area (Å²) < 4.78 is 12.1. The molecule has 1 aliphatic heterocycles. The number of fused-ring (bicyclic) bond motifs is 1. The SMILES string of the molecule is COC(=O)c1ccc2c(=O)n(C[C@@H]3CCCO3)c(SCC(=O)c3ccc(C(C)(C)C)cc3)nc2c1. The van der Waals surface area contributed by atoms with Crippen LogP contribution in [0, 0.1) is 0 Å². The van der Waals surface area contributed by atoms with Gasteiger partial charge in [-0.15, -0.1) is 0 Å². The van der Waals surface area contributed by atoms with Crippen molar-refractivity contribution >= 4 is 34.4 Å². The lowest BCUT2D eigenvalue weighted by Crippen LogP contribution is -2.29. The van der Waals surface area contributed by atoms with Crippen molar-refractivity contribution in [3.05, 3.63) is 69.5 Å². The first-order chi connectivity index (χ1) is 16.7. The fourth-order valence-electron chi connectivity index (χ4n) is 4.08. The molecule has 2 heterocycles. The predicted octanol–water partition coefficient (Wildman–Crippen LogP) is 4.63. The number of ether oxygens (including phenoxy) is 2. The fraction of sp³-hybridized carbons (Fsp3) is 0.407. The molecule has 0 unspecified atom stereocenters. The van der Waals surface area contributed by atoms with E-state index < -0.39 is 5.97 Å². The second kappa shape index (κ2) is 10.3. The van der Waals surface area contributed by atoms with Crippen molar-refractivity contribution in [1.82, 2.24) is 9.55 Å². The number of carbonyl (C=O) groups excluding carboxylic acids is 2. The van der Waals surface area contributed by atoms with Crippen LogP contribution in [0.1, 0.15) is 59.9 Å². The van der Waals surface area contributed by atoms with Crippen LogP contribution in [0.3, 0.4) is 0 Å². The molecule has 0 bridgehead atoms. The topological polar surface area (TPSA) is 87.5 Å². The van der Waals surface area contributed by atoms with Crippen molar-refractivity contribution in [2.45, 2.75) is 56.8 Å². The van der Waals surface area contributed by atoms with Gasteiger partial charge in [-0.1, -0.05) is 56.8 Å². The Morgan fingerprint density at radius 2 is 1.86 bits per heavy atom. The van der Waals surface area contributed by atoms with Crippen LogP contribution >= 0.6 is 11.8 Å². The third-order valence-electron chi connectivity index (χ3n) is 6.16. The van der Waals surface area contributed by atoms with Crippen LogP contribution in [0.2, 0.25) is 0 Å². The van der Waals surface area contributed by atoms with Gasteiger partial charge in [0.15, 0.2) is 10.9 Å². The van der Waals surface area contributed by atoms with Crippen LogP contribution in [0.4, 0.5) is 0 Å². The summed E-state index contributed by atoms with van der Waals surface area (Å²) in [5, 5.41) is 0.837. The first-order valence-corrected chi connectivity index (χ1v) is 12.7. The highest BCUT2D eigenvalue weighted by Crippen LogP contribution is 2.25. The largest absolute Gasteiger partial charge is 0.465 e. The van der Waals surface area contributed by atoms with Crippen molar-refractivity contribution in [2.24, 2.45) is 0 Å². The van der Waals surface area contributed by atoms with E-state index in [1.165, 1.54) is 18.9 Å². The number of rotatable bonds is 7. The first kappa shape index (κ1) is 25.1. The molecule has 3 aromatic rings. The summed E-state index contributed by atoms with van der Waals surface area (Å²) in [6.45, 7) is 7.43. The summed E-state index contributed by atoms with van der Waals surface area (Å²) in [6.07, 6.45) is 1.75. The van der Waals surface area contributed by atoms with Crippen LogP contribution in [-0.2, 0) is 21.4 Å². The molecule has 1 atom stereocenters. The number of Topliss-reactive ketones (excluding diaryl/α,β-unsaturated/α-hetero) is 1. The van der Waals surface area contributed by atoms with Crippen LogP contribution < -0.4 is 5.56 Å². The van der Waals surface area contributed by atoms with Gasteiger partial charge in [0.25, 0.3) is 5.56 Å². The average molecular weight is 495 g/mol. The molecule has 8 heteroatoms. The lowest BCUT2D eigenvalue weighted by molar-refractivity contribution is 0.0600. The van der Waals surface area contributed by atoms with E-state index >= 15 is 0 Å². The number of thioether (sulfide) groups is 1. The van der Waals surface area contributed by atoms with Gasteiger partial charge in [-0.2, -0.15) is 0 Å². The molecule has 1 saturated heterocycles. The Balaban J connectivity index is 1.64. The summed E-state index contributed by atoms with van der Waals surface area (Å²) in [5.41, 5.74) is 2.27. The minimum Gasteiger partial charge on any atom is -0.465 e. The Labute approximate surface area is 208 Å². The highest BCUT2D eigenvalue weighted by molar-refractivity contribution is 7.99. The molecule has 0 spiro atoms. The number of ketones is 1.